The molecule has 1 fully saturated rings. The number of benzene rings is 2. The highest BCUT2D eigenvalue weighted by Crippen LogP contribution is 2.34. The molecule has 2 aromatic carbocycles. The number of nitrogens with zero attached hydrogens (tertiary/aromatic N) is 1. The van der Waals surface area contributed by atoms with Crippen molar-refractivity contribution in [2.45, 2.75) is 45.6 Å². The Morgan fingerprint density at radius 3 is 2.64 bits per heavy atom. The highest BCUT2D eigenvalue weighted by Gasteiger charge is 2.18. The number of aromatic nitrogens is 1. The smallest absolute Gasteiger partial charge is 0.224 e. The maximum atomic E-state index is 13.7. The maximum Gasteiger partial charge on any atom is 0.224 e. The summed E-state index contributed by atoms with van der Waals surface area (Å²) in [5.74, 6) is 0.0839. The molecule has 0 bridgehead atoms. The molecule has 0 saturated carbocycles. The van der Waals surface area contributed by atoms with Crippen molar-refractivity contribution < 1.29 is 18.4 Å². The summed E-state index contributed by atoms with van der Waals surface area (Å²) in [5, 5.41) is 10.7. The highest BCUT2D eigenvalue weighted by molar-refractivity contribution is 6.30. The van der Waals surface area contributed by atoms with Gasteiger partial charge < -0.3 is 19.9 Å². The number of carbonyl (C=O) groups excluding carboxylic acids is 1. The van der Waals surface area contributed by atoms with Crippen LogP contribution in [0.2, 0.25) is 5.02 Å². The Balaban J connectivity index is 1.54. The van der Waals surface area contributed by atoms with Gasteiger partial charge in [-0.15, -0.1) is 0 Å². The lowest BCUT2D eigenvalue weighted by Crippen LogP contribution is -2.28. The largest absolute Gasteiger partial charge is 0.381 e. The third-order valence-electron chi connectivity index (χ3n) is 5.82. The monoisotopic (exact) mass is 471 g/mol. The van der Waals surface area contributed by atoms with E-state index in [9.17, 15) is 9.18 Å². The fraction of sp³-hybridized carbons (Fsp3) is 0.360. The molecule has 33 heavy (non-hydrogen) atoms. The zero-order valence-electron chi connectivity index (χ0n) is 18.7. The van der Waals surface area contributed by atoms with Gasteiger partial charge in [0.05, 0.1) is 22.1 Å². The third-order valence-corrected chi connectivity index (χ3v) is 6.13. The van der Waals surface area contributed by atoms with E-state index in [2.05, 4.69) is 15.8 Å². The van der Waals surface area contributed by atoms with Gasteiger partial charge in [-0.25, -0.2) is 4.39 Å². The second-order valence-corrected chi connectivity index (χ2v) is 8.69. The van der Waals surface area contributed by atoms with E-state index < -0.39 is 5.82 Å². The van der Waals surface area contributed by atoms with Gasteiger partial charge in [-0.05, 0) is 68.5 Å². The number of nitrogens with one attached hydrogen (secondary N) is 2. The molecule has 1 aliphatic heterocycles. The Morgan fingerprint density at radius 2 is 1.94 bits per heavy atom. The Labute approximate surface area is 197 Å². The molecule has 0 unspecified atom stereocenters. The summed E-state index contributed by atoms with van der Waals surface area (Å²) in [7, 11) is 0. The predicted octanol–water partition coefficient (Wildman–Crippen LogP) is 5.91. The van der Waals surface area contributed by atoms with E-state index in [0.29, 0.717) is 25.3 Å². The number of amides is 1. The van der Waals surface area contributed by atoms with Crippen LogP contribution in [0.25, 0.3) is 11.1 Å². The minimum absolute atomic E-state index is 0.0724. The number of hydrogen-bond acceptors (Lipinski definition) is 5. The van der Waals surface area contributed by atoms with Crippen LogP contribution in [0.1, 0.15) is 36.3 Å². The lowest BCUT2D eigenvalue weighted by atomic mass is 10.0. The number of rotatable bonds is 7. The molecule has 2 heterocycles. The first-order valence-corrected chi connectivity index (χ1v) is 11.4. The fourth-order valence-electron chi connectivity index (χ4n) is 4.05. The predicted molar refractivity (Wildman–Crippen MR) is 127 cm³/mol. The second kappa shape index (κ2) is 10.4. The SMILES string of the molecule is Cc1noc(C)c1-c1ccc(NC2CCOCC2)c(NC(=O)CCc2ccc(Cl)c(F)c2)c1. The Hall–Kier alpha value is -2.90. The highest BCUT2D eigenvalue weighted by atomic mass is 35.5. The van der Waals surface area contributed by atoms with Gasteiger partial charge in [-0.3, -0.25) is 4.79 Å². The molecule has 8 heteroatoms. The van der Waals surface area contributed by atoms with Crippen LogP contribution in [-0.4, -0.2) is 30.3 Å². The molecule has 1 amide bonds. The number of carbonyl (C=O) groups is 1. The number of ether oxygens (including phenoxy) is 1. The fourth-order valence-corrected chi connectivity index (χ4v) is 4.17. The van der Waals surface area contributed by atoms with Crippen LogP contribution in [0, 0.1) is 19.7 Å². The quantitative estimate of drug-likeness (QED) is 0.447. The van der Waals surface area contributed by atoms with E-state index in [-0.39, 0.29) is 23.4 Å². The lowest BCUT2D eigenvalue weighted by molar-refractivity contribution is -0.116. The van der Waals surface area contributed by atoms with E-state index in [4.69, 9.17) is 20.9 Å². The van der Waals surface area contributed by atoms with Crippen LogP contribution >= 0.6 is 11.6 Å². The Kier molecular flexibility index (Phi) is 7.30. The van der Waals surface area contributed by atoms with Crippen LogP contribution in [0.15, 0.2) is 40.9 Å². The van der Waals surface area contributed by atoms with E-state index in [0.717, 1.165) is 46.7 Å². The van der Waals surface area contributed by atoms with Crippen molar-refractivity contribution in [1.82, 2.24) is 5.16 Å². The van der Waals surface area contributed by atoms with Gasteiger partial charge in [-0.2, -0.15) is 0 Å². The van der Waals surface area contributed by atoms with Crippen molar-refractivity contribution in [3.8, 4) is 11.1 Å². The summed E-state index contributed by atoms with van der Waals surface area (Å²) >= 11 is 5.75. The molecule has 1 aliphatic rings. The Bertz CT molecular complexity index is 1120. The summed E-state index contributed by atoms with van der Waals surface area (Å²) in [5.41, 5.74) is 4.88. The lowest BCUT2D eigenvalue weighted by Gasteiger charge is -2.25. The van der Waals surface area contributed by atoms with Crippen molar-refractivity contribution >= 4 is 28.9 Å². The second-order valence-electron chi connectivity index (χ2n) is 8.29. The van der Waals surface area contributed by atoms with Crippen LogP contribution in [-0.2, 0) is 16.0 Å². The summed E-state index contributed by atoms with van der Waals surface area (Å²) in [6, 6.07) is 10.8. The molecule has 6 nitrogen and oxygen atoms in total. The van der Waals surface area contributed by atoms with Crippen molar-refractivity contribution in [2.75, 3.05) is 23.8 Å². The first-order valence-electron chi connectivity index (χ1n) is 11.1. The van der Waals surface area contributed by atoms with Crippen LogP contribution in [0.5, 0.6) is 0 Å². The average molecular weight is 472 g/mol. The molecule has 1 aromatic heterocycles. The summed E-state index contributed by atoms with van der Waals surface area (Å²) < 4.78 is 24.5. The summed E-state index contributed by atoms with van der Waals surface area (Å²) in [6.45, 7) is 5.19. The number of hydrogen-bond donors (Lipinski definition) is 2. The van der Waals surface area contributed by atoms with Crippen LogP contribution < -0.4 is 10.6 Å². The van der Waals surface area contributed by atoms with E-state index >= 15 is 0 Å². The number of aryl methyl sites for hydroxylation is 3. The zero-order chi connectivity index (χ0) is 23.4. The molecule has 2 N–H and O–H groups in total. The van der Waals surface area contributed by atoms with Gasteiger partial charge in [-0.1, -0.05) is 28.9 Å². The number of anilines is 2. The standard InChI is InChI=1S/C25H27ClFN3O3/c1-15-25(16(2)33-30-15)18-5-7-22(28-19-9-11-32-12-10-19)23(14-18)29-24(31)8-4-17-3-6-20(26)21(27)13-17/h3,5-7,13-14,19,28H,4,8-12H2,1-2H3,(H,29,31). The first-order chi connectivity index (χ1) is 15.9. The molecular formula is C25H27ClFN3O3. The molecule has 0 atom stereocenters. The topological polar surface area (TPSA) is 76.4 Å². The van der Waals surface area contributed by atoms with Crippen molar-refractivity contribution in [2.24, 2.45) is 0 Å². The van der Waals surface area contributed by atoms with Gasteiger partial charge in [0.25, 0.3) is 0 Å². The average Bonchev–Trinajstić information content (AvgIpc) is 3.14. The summed E-state index contributed by atoms with van der Waals surface area (Å²) in [6.07, 6.45) is 2.43. The van der Waals surface area contributed by atoms with E-state index in [1.54, 1.807) is 6.07 Å². The van der Waals surface area contributed by atoms with Crippen molar-refractivity contribution in [3.05, 3.63) is 64.3 Å². The molecule has 4 rings (SSSR count). The molecular weight excluding hydrogens is 445 g/mol. The third kappa shape index (κ3) is 5.72. The van der Waals surface area contributed by atoms with Crippen LogP contribution in [0.4, 0.5) is 15.8 Å². The van der Waals surface area contributed by atoms with Crippen molar-refractivity contribution in [3.63, 3.8) is 0 Å². The van der Waals surface area contributed by atoms with Gasteiger partial charge in [0.1, 0.15) is 11.6 Å². The minimum Gasteiger partial charge on any atom is -0.381 e. The van der Waals surface area contributed by atoms with E-state index in [1.807, 2.05) is 32.0 Å². The number of halogens is 2. The summed E-state index contributed by atoms with van der Waals surface area (Å²) in [4.78, 5) is 12.8. The first kappa shape index (κ1) is 23.3. The minimum atomic E-state index is -0.482. The molecule has 1 saturated heterocycles. The van der Waals surface area contributed by atoms with Crippen LogP contribution in [0.3, 0.4) is 0 Å². The molecule has 174 valence electrons. The van der Waals surface area contributed by atoms with E-state index in [1.165, 1.54) is 12.1 Å². The molecule has 3 aromatic rings. The van der Waals surface area contributed by atoms with Crippen molar-refractivity contribution in [1.29, 1.82) is 0 Å². The van der Waals surface area contributed by atoms with Gasteiger partial charge >= 0.3 is 0 Å². The molecule has 0 radical (unpaired) electrons. The van der Waals surface area contributed by atoms with Gasteiger partial charge in [0, 0.05) is 31.2 Å². The normalized spacial score (nSPS) is 14.3. The van der Waals surface area contributed by atoms with Gasteiger partial charge in [0.15, 0.2) is 0 Å². The zero-order valence-corrected chi connectivity index (χ0v) is 19.5. The Morgan fingerprint density at radius 1 is 1.15 bits per heavy atom. The molecule has 0 spiro atoms. The van der Waals surface area contributed by atoms with Gasteiger partial charge in [0.2, 0.25) is 5.91 Å². The maximum absolute atomic E-state index is 13.7. The molecule has 0 aliphatic carbocycles.